The van der Waals surface area contributed by atoms with Crippen LogP contribution < -0.4 is 4.90 Å². The smallest absolute Gasteiger partial charge is 0.303 e. The third-order valence-electron chi connectivity index (χ3n) is 5.68. The topological polar surface area (TPSA) is 53.0 Å². The lowest BCUT2D eigenvalue weighted by Crippen LogP contribution is -2.54. The second-order valence-electron chi connectivity index (χ2n) is 7.68. The summed E-state index contributed by atoms with van der Waals surface area (Å²) in [5.74, 6) is -0.702. The zero-order valence-electron chi connectivity index (χ0n) is 17.2. The van der Waals surface area contributed by atoms with Crippen LogP contribution in [0.4, 0.5) is 11.4 Å². The monoisotopic (exact) mass is 396 g/mol. The maximum Gasteiger partial charge on any atom is 0.303 e. The third-order valence-corrected chi connectivity index (χ3v) is 5.68. The number of hydrogen-bond acceptors (Lipinski definition) is 4. The molecule has 3 rings (SSSR count). The number of hydrogen-bond donors (Lipinski definition) is 1. The second kappa shape index (κ2) is 11.0. The van der Waals surface area contributed by atoms with E-state index in [4.69, 9.17) is 9.84 Å². The van der Waals surface area contributed by atoms with Gasteiger partial charge in [0.05, 0.1) is 12.1 Å². The van der Waals surface area contributed by atoms with Crippen molar-refractivity contribution >= 4 is 17.3 Å². The molecule has 2 unspecified atom stereocenters. The highest BCUT2D eigenvalue weighted by molar-refractivity contribution is 5.66. The molecule has 0 saturated carbocycles. The Hall–Kier alpha value is -2.37. The Kier molecular flexibility index (Phi) is 8.08. The molecule has 1 saturated heterocycles. The van der Waals surface area contributed by atoms with Crippen molar-refractivity contribution in [2.45, 2.75) is 44.2 Å². The van der Waals surface area contributed by atoms with E-state index in [0.717, 1.165) is 45.3 Å². The Morgan fingerprint density at radius 2 is 1.66 bits per heavy atom. The van der Waals surface area contributed by atoms with Crippen molar-refractivity contribution in [3.63, 3.8) is 0 Å². The molecule has 0 aromatic heterocycles. The van der Waals surface area contributed by atoms with Gasteiger partial charge in [0.1, 0.15) is 0 Å². The van der Waals surface area contributed by atoms with Gasteiger partial charge in [0.25, 0.3) is 0 Å². The van der Waals surface area contributed by atoms with E-state index in [9.17, 15) is 4.79 Å². The number of unbranched alkanes of at least 4 members (excludes halogenated alkanes) is 2. The van der Waals surface area contributed by atoms with E-state index in [2.05, 4.69) is 58.3 Å². The molecule has 0 radical (unpaired) electrons. The van der Waals surface area contributed by atoms with Gasteiger partial charge in [0.15, 0.2) is 0 Å². The van der Waals surface area contributed by atoms with Crippen LogP contribution in [0.3, 0.4) is 0 Å². The molecule has 5 heteroatoms. The minimum absolute atomic E-state index is 0.114. The van der Waals surface area contributed by atoms with Gasteiger partial charge in [-0.05, 0) is 50.1 Å². The molecule has 1 aliphatic heterocycles. The molecule has 29 heavy (non-hydrogen) atoms. The molecule has 1 fully saturated rings. The van der Waals surface area contributed by atoms with Crippen molar-refractivity contribution in [2.75, 3.05) is 31.6 Å². The van der Waals surface area contributed by atoms with Gasteiger partial charge in [-0.25, -0.2) is 0 Å². The summed E-state index contributed by atoms with van der Waals surface area (Å²) in [4.78, 5) is 15.5. The number of carboxylic acids is 1. The van der Waals surface area contributed by atoms with Crippen LogP contribution in [0.5, 0.6) is 0 Å². The molecule has 1 aliphatic rings. The van der Waals surface area contributed by atoms with Crippen molar-refractivity contribution in [2.24, 2.45) is 0 Å². The lowest BCUT2D eigenvalue weighted by atomic mass is 9.97. The fraction of sp³-hybridized carbons (Fsp3) is 0.458. The summed E-state index contributed by atoms with van der Waals surface area (Å²) in [5, 5.41) is 8.77. The second-order valence-corrected chi connectivity index (χ2v) is 7.68. The summed E-state index contributed by atoms with van der Waals surface area (Å²) in [7, 11) is 1.81. The molecule has 156 valence electrons. The SMILES string of the molecule is COC1CN(CCCCCC(=O)O)CCC1N(c1ccccc1)c1ccccc1. The van der Waals surface area contributed by atoms with E-state index < -0.39 is 5.97 Å². The zero-order chi connectivity index (χ0) is 20.5. The number of likely N-dealkylation sites (tertiary alicyclic amines) is 1. The van der Waals surface area contributed by atoms with Gasteiger partial charge in [-0.1, -0.05) is 42.8 Å². The van der Waals surface area contributed by atoms with Crippen molar-refractivity contribution < 1.29 is 14.6 Å². The van der Waals surface area contributed by atoms with Crippen LogP contribution in [0.2, 0.25) is 0 Å². The molecular weight excluding hydrogens is 364 g/mol. The largest absolute Gasteiger partial charge is 0.481 e. The molecule has 2 aromatic carbocycles. The first-order valence-electron chi connectivity index (χ1n) is 10.6. The normalized spacial score (nSPS) is 19.8. The molecule has 1 N–H and O–H groups in total. The summed E-state index contributed by atoms with van der Waals surface area (Å²) >= 11 is 0. The van der Waals surface area contributed by atoms with Gasteiger partial charge in [0.2, 0.25) is 0 Å². The lowest BCUT2D eigenvalue weighted by molar-refractivity contribution is -0.137. The Morgan fingerprint density at radius 3 is 2.21 bits per heavy atom. The summed E-state index contributed by atoms with van der Waals surface area (Å²) in [5.41, 5.74) is 2.38. The maximum absolute atomic E-state index is 10.6. The van der Waals surface area contributed by atoms with Crippen LogP contribution in [-0.2, 0) is 9.53 Å². The summed E-state index contributed by atoms with van der Waals surface area (Å²) < 4.78 is 5.96. The molecule has 0 spiro atoms. The molecular formula is C24H32N2O3. The zero-order valence-corrected chi connectivity index (χ0v) is 17.2. The number of carboxylic acid groups (broad SMARTS) is 1. The molecule has 5 nitrogen and oxygen atoms in total. The van der Waals surface area contributed by atoms with Crippen LogP contribution in [0, 0.1) is 0 Å². The highest BCUT2D eigenvalue weighted by atomic mass is 16.5. The number of piperidine rings is 1. The Bertz CT molecular complexity index is 699. The number of para-hydroxylation sites is 2. The Morgan fingerprint density at radius 1 is 1.03 bits per heavy atom. The lowest BCUT2D eigenvalue weighted by Gasteiger charge is -2.44. The molecule has 0 amide bonds. The molecule has 2 aromatic rings. The van der Waals surface area contributed by atoms with E-state index in [1.165, 1.54) is 11.4 Å². The van der Waals surface area contributed by atoms with Crippen molar-refractivity contribution in [3.8, 4) is 0 Å². The first-order valence-corrected chi connectivity index (χ1v) is 10.6. The number of methoxy groups -OCH3 is 1. The van der Waals surface area contributed by atoms with Crippen LogP contribution >= 0.6 is 0 Å². The number of benzene rings is 2. The fourth-order valence-electron chi connectivity index (χ4n) is 4.20. The quantitative estimate of drug-likeness (QED) is 0.597. The van der Waals surface area contributed by atoms with E-state index in [1.54, 1.807) is 0 Å². The first kappa shape index (κ1) is 21.3. The highest BCUT2D eigenvalue weighted by Gasteiger charge is 2.34. The minimum atomic E-state index is -0.702. The van der Waals surface area contributed by atoms with E-state index in [-0.39, 0.29) is 18.6 Å². The van der Waals surface area contributed by atoms with E-state index in [0.29, 0.717) is 0 Å². The van der Waals surface area contributed by atoms with Crippen molar-refractivity contribution in [3.05, 3.63) is 60.7 Å². The van der Waals surface area contributed by atoms with Gasteiger partial charge in [-0.15, -0.1) is 0 Å². The molecule has 2 atom stereocenters. The van der Waals surface area contributed by atoms with Crippen LogP contribution in [0.1, 0.15) is 32.1 Å². The fourth-order valence-corrected chi connectivity index (χ4v) is 4.20. The summed E-state index contributed by atoms with van der Waals surface area (Å²) in [6.45, 7) is 2.93. The number of nitrogens with zero attached hydrogens (tertiary/aromatic N) is 2. The molecule has 0 aliphatic carbocycles. The van der Waals surface area contributed by atoms with Gasteiger partial charge < -0.3 is 19.6 Å². The van der Waals surface area contributed by atoms with Crippen molar-refractivity contribution in [1.82, 2.24) is 4.90 Å². The van der Waals surface area contributed by atoms with Gasteiger partial charge in [-0.3, -0.25) is 4.79 Å². The van der Waals surface area contributed by atoms with E-state index in [1.807, 2.05) is 19.2 Å². The van der Waals surface area contributed by atoms with Crippen LogP contribution in [-0.4, -0.2) is 54.9 Å². The summed E-state index contributed by atoms with van der Waals surface area (Å²) in [6.07, 6.45) is 4.17. The number of anilines is 2. The number of ether oxygens (including phenoxy) is 1. The number of aliphatic carboxylic acids is 1. The van der Waals surface area contributed by atoms with Gasteiger partial charge in [0, 0.05) is 38.0 Å². The molecule has 1 heterocycles. The predicted octanol–water partition coefficient (Wildman–Crippen LogP) is 4.56. The van der Waals surface area contributed by atoms with Gasteiger partial charge >= 0.3 is 5.97 Å². The average molecular weight is 397 g/mol. The third kappa shape index (κ3) is 6.05. The molecule has 0 bridgehead atoms. The van der Waals surface area contributed by atoms with Crippen LogP contribution in [0.25, 0.3) is 0 Å². The van der Waals surface area contributed by atoms with Crippen LogP contribution in [0.15, 0.2) is 60.7 Å². The Balaban J connectivity index is 1.66. The van der Waals surface area contributed by atoms with Gasteiger partial charge in [-0.2, -0.15) is 0 Å². The first-order chi connectivity index (χ1) is 14.2. The predicted molar refractivity (Wildman–Crippen MR) is 117 cm³/mol. The Labute approximate surface area is 173 Å². The highest BCUT2D eigenvalue weighted by Crippen LogP contribution is 2.32. The minimum Gasteiger partial charge on any atom is -0.481 e. The summed E-state index contributed by atoms with van der Waals surface area (Å²) in [6, 6.07) is 21.3. The standard InChI is InChI=1S/C24H32N2O3/c1-29-23-19-25(17-10-4-9-15-24(27)28)18-16-22(23)26(20-11-5-2-6-12-20)21-13-7-3-8-14-21/h2-3,5-8,11-14,22-23H,4,9-10,15-19H2,1H3,(H,27,28). The van der Waals surface area contributed by atoms with Crippen molar-refractivity contribution in [1.29, 1.82) is 0 Å². The number of rotatable bonds is 10. The van der Waals surface area contributed by atoms with E-state index >= 15 is 0 Å². The average Bonchev–Trinajstić information content (AvgIpc) is 2.75. The number of carbonyl (C=O) groups is 1. The maximum atomic E-state index is 10.6.